The molecule has 2 aromatic heterocycles. The third kappa shape index (κ3) is 6.78. The van der Waals surface area contributed by atoms with Crippen molar-refractivity contribution in [3.63, 3.8) is 0 Å². The first-order valence-electron chi connectivity index (χ1n) is 12.4. The molecular weight excluding hydrogens is 532 g/mol. The van der Waals surface area contributed by atoms with Crippen LogP contribution in [0.2, 0.25) is 0 Å². The Hall–Kier alpha value is -3.86. The van der Waals surface area contributed by atoms with Crippen LogP contribution < -0.4 is 10.1 Å². The van der Waals surface area contributed by atoms with Gasteiger partial charge in [0.2, 0.25) is 0 Å². The Morgan fingerprint density at radius 2 is 1.92 bits per heavy atom. The van der Waals surface area contributed by atoms with Crippen LogP contribution in [0.5, 0.6) is 11.5 Å². The minimum atomic E-state index is -3.32. The standard InChI is InChI=1S/C29H28N4O4S2/c1-20-7-6-12-30-27(20)21-15-22(17-25(16-21)37-24-8-10-26(11-9-24)39(2,35)36)28(34)32-29-31-23(19-38-29)18-33-13-4-3-5-14-33/h3-4,6-12,15-17,19H,5,13-14,18H2,1-2H3,(H,31,32,34). The number of benzene rings is 2. The van der Waals surface area contributed by atoms with Gasteiger partial charge >= 0.3 is 0 Å². The molecule has 1 aliphatic heterocycles. The summed E-state index contributed by atoms with van der Waals surface area (Å²) in [5.74, 6) is 0.554. The Labute approximate surface area is 231 Å². The largest absolute Gasteiger partial charge is 0.457 e. The Balaban J connectivity index is 1.40. The lowest BCUT2D eigenvalue weighted by molar-refractivity contribution is 0.102. The molecule has 0 bridgehead atoms. The molecule has 0 unspecified atom stereocenters. The highest BCUT2D eigenvalue weighted by molar-refractivity contribution is 7.90. The van der Waals surface area contributed by atoms with Crippen LogP contribution in [0, 0.1) is 6.92 Å². The second-order valence-electron chi connectivity index (χ2n) is 9.35. The molecule has 200 valence electrons. The average molecular weight is 561 g/mol. The smallest absolute Gasteiger partial charge is 0.257 e. The molecule has 4 aromatic rings. The van der Waals surface area contributed by atoms with Crippen LogP contribution in [0.25, 0.3) is 11.3 Å². The first-order valence-corrected chi connectivity index (χ1v) is 15.2. The van der Waals surface area contributed by atoms with E-state index in [-0.39, 0.29) is 10.8 Å². The summed E-state index contributed by atoms with van der Waals surface area (Å²) in [5.41, 5.74) is 3.72. The second-order valence-corrected chi connectivity index (χ2v) is 12.2. The van der Waals surface area contributed by atoms with Gasteiger partial charge in [-0.15, -0.1) is 11.3 Å². The maximum atomic E-state index is 13.3. The molecule has 8 nitrogen and oxygen atoms in total. The van der Waals surface area contributed by atoms with Crippen molar-refractivity contribution >= 4 is 32.2 Å². The summed E-state index contributed by atoms with van der Waals surface area (Å²) in [6.45, 7) is 4.59. The van der Waals surface area contributed by atoms with Gasteiger partial charge in [-0.2, -0.15) is 0 Å². The summed E-state index contributed by atoms with van der Waals surface area (Å²) >= 11 is 1.39. The van der Waals surface area contributed by atoms with Gasteiger partial charge in [0.05, 0.1) is 16.3 Å². The predicted molar refractivity (Wildman–Crippen MR) is 153 cm³/mol. The molecule has 0 fully saturated rings. The molecule has 5 rings (SSSR count). The number of nitrogens with one attached hydrogen (secondary N) is 1. The number of thiazole rings is 1. The summed E-state index contributed by atoms with van der Waals surface area (Å²) in [4.78, 5) is 25.0. The number of pyridine rings is 1. The molecule has 0 saturated heterocycles. The summed E-state index contributed by atoms with van der Waals surface area (Å²) < 4.78 is 29.7. The third-order valence-electron chi connectivity index (χ3n) is 6.24. The van der Waals surface area contributed by atoms with Crippen LogP contribution in [0.4, 0.5) is 5.13 Å². The number of anilines is 1. The summed E-state index contributed by atoms with van der Waals surface area (Å²) in [5, 5.41) is 5.41. The van der Waals surface area contributed by atoms with E-state index in [2.05, 4.69) is 32.3 Å². The molecule has 0 atom stereocenters. The number of hydrogen-bond donors (Lipinski definition) is 1. The molecule has 10 heteroatoms. The van der Waals surface area contributed by atoms with Gasteiger partial charge in [-0.1, -0.05) is 18.2 Å². The van der Waals surface area contributed by atoms with Gasteiger partial charge in [-0.3, -0.25) is 20.0 Å². The quantitative estimate of drug-likeness (QED) is 0.275. The van der Waals surface area contributed by atoms with Gasteiger partial charge in [-0.25, -0.2) is 13.4 Å². The number of aryl methyl sites for hydroxylation is 1. The lowest BCUT2D eigenvalue weighted by Gasteiger charge is -2.21. The Kier molecular flexibility index (Phi) is 7.87. The maximum Gasteiger partial charge on any atom is 0.257 e. The molecule has 0 radical (unpaired) electrons. The van der Waals surface area contributed by atoms with Crippen molar-refractivity contribution < 1.29 is 17.9 Å². The third-order valence-corrected chi connectivity index (χ3v) is 8.17. The van der Waals surface area contributed by atoms with Gasteiger partial charge in [-0.05, 0) is 67.4 Å². The number of rotatable bonds is 8. The number of carbonyl (C=O) groups excluding carboxylic acids is 1. The van der Waals surface area contributed by atoms with E-state index in [1.165, 1.54) is 23.5 Å². The number of nitrogens with zero attached hydrogens (tertiary/aromatic N) is 3. The number of ether oxygens (including phenoxy) is 1. The topological polar surface area (TPSA) is 101 Å². The molecule has 3 heterocycles. The SMILES string of the molecule is Cc1cccnc1-c1cc(Oc2ccc(S(C)(=O)=O)cc2)cc(C(=O)Nc2nc(CN3CC=CCC3)cs2)c1. The zero-order valence-electron chi connectivity index (χ0n) is 21.6. The minimum absolute atomic E-state index is 0.201. The van der Waals surface area contributed by atoms with Gasteiger partial charge in [0, 0.05) is 48.6 Å². The number of amides is 1. The molecule has 1 amide bonds. The number of sulfone groups is 1. The van der Waals surface area contributed by atoms with Gasteiger partial charge in [0.15, 0.2) is 15.0 Å². The van der Waals surface area contributed by atoms with E-state index >= 15 is 0 Å². The van der Waals surface area contributed by atoms with Crippen LogP contribution >= 0.6 is 11.3 Å². The van der Waals surface area contributed by atoms with Crippen LogP contribution in [0.3, 0.4) is 0 Å². The number of hydrogen-bond acceptors (Lipinski definition) is 8. The Morgan fingerprint density at radius 1 is 1.10 bits per heavy atom. The van der Waals surface area contributed by atoms with Crippen molar-refractivity contribution in [3.8, 4) is 22.8 Å². The molecule has 0 aliphatic carbocycles. The molecule has 2 aromatic carbocycles. The highest BCUT2D eigenvalue weighted by Crippen LogP contribution is 2.31. The van der Waals surface area contributed by atoms with Gasteiger partial charge in [0.25, 0.3) is 5.91 Å². The van der Waals surface area contributed by atoms with E-state index < -0.39 is 9.84 Å². The molecular formula is C29H28N4O4S2. The fourth-order valence-electron chi connectivity index (χ4n) is 4.27. The highest BCUT2D eigenvalue weighted by Gasteiger charge is 2.16. The van der Waals surface area contributed by atoms with Crippen molar-refractivity contribution in [2.24, 2.45) is 0 Å². The Bertz CT molecular complexity index is 1630. The summed E-state index contributed by atoms with van der Waals surface area (Å²) in [6.07, 6.45) is 8.24. The molecule has 0 saturated carbocycles. The first kappa shape index (κ1) is 26.7. The van der Waals surface area contributed by atoms with Crippen LogP contribution in [0.1, 0.15) is 28.0 Å². The van der Waals surface area contributed by atoms with E-state index in [0.717, 1.165) is 54.8 Å². The van der Waals surface area contributed by atoms with Gasteiger partial charge in [0.1, 0.15) is 11.5 Å². The zero-order valence-corrected chi connectivity index (χ0v) is 23.3. The predicted octanol–water partition coefficient (Wildman–Crippen LogP) is 5.72. The fourth-order valence-corrected chi connectivity index (χ4v) is 5.60. The van der Waals surface area contributed by atoms with Crippen LogP contribution in [-0.2, 0) is 16.4 Å². The van der Waals surface area contributed by atoms with E-state index in [1.54, 1.807) is 30.5 Å². The van der Waals surface area contributed by atoms with Crippen molar-refractivity contribution in [2.45, 2.75) is 24.8 Å². The van der Waals surface area contributed by atoms with Crippen molar-refractivity contribution in [3.05, 3.63) is 95.1 Å². The van der Waals surface area contributed by atoms with Crippen molar-refractivity contribution in [1.29, 1.82) is 0 Å². The van der Waals surface area contributed by atoms with Crippen molar-refractivity contribution in [2.75, 3.05) is 24.7 Å². The minimum Gasteiger partial charge on any atom is -0.457 e. The summed E-state index contributed by atoms with van der Waals surface area (Å²) in [6, 6.07) is 15.2. The molecule has 39 heavy (non-hydrogen) atoms. The monoisotopic (exact) mass is 560 g/mol. The second kappa shape index (κ2) is 11.5. The Morgan fingerprint density at radius 3 is 2.64 bits per heavy atom. The van der Waals surface area contributed by atoms with E-state index in [4.69, 9.17) is 4.74 Å². The van der Waals surface area contributed by atoms with Crippen LogP contribution in [0.15, 0.2) is 83.2 Å². The maximum absolute atomic E-state index is 13.3. The average Bonchev–Trinajstić information content (AvgIpc) is 3.35. The molecule has 1 aliphatic rings. The molecule has 1 N–H and O–H groups in total. The zero-order chi connectivity index (χ0) is 27.4. The lowest BCUT2D eigenvalue weighted by atomic mass is 10.0. The van der Waals surface area contributed by atoms with Crippen molar-refractivity contribution in [1.82, 2.24) is 14.9 Å². The molecule has 0 spiro atoms. The number of aromatic nitrogens is 2. The highest BCUT2D eigenvalue weighted by atomic mass is 32.2. The normalized spacial score (nSPS) is 13.8. The lowest BCUT2D eigenvalue weighted by Crippen LogP contribution is -2.26. The first-order chi connectivity index (χ1) is 18.7. The van der Waals surface area contributed by atoms with E-state index in [9.17, 15) is 13.2 Å². The summed E-state index contributed by atoms with van der Waals surface area (Å²) in [7, 11) is -3.32. The fraction of sp³-hybridized carbons (Fsp3) is 0.207. The number of carbonyl (C=O) groups is 1. The van der Waals surface area contributed by atoms with Gasteiger partial charge < -0.3 is 4.74 Å². The van der Waals surface area contributed by atoms with E-state index in [0.29, 0.717) is 22.2 Å². The van der Waals surface area contributed by atoms with E-state index in [1.807, 2.05) is 30.5 Å². The van der Waals surface area contributed by atoms with Crippen LogP contribution in [-0.4, -0.2) is 48.5 Å².